The van der Waals surface area contributed by atoms with Gasteiger partial charge in [0.1, 0.15) is 4.32 Å². The molecule has 108 valence electrons. The Morgan fingerprint density at radius 1 is 1.27 bits per heavy atom. The summed E-state index contributed by atoms with van der Waals surface area (Å²) in [5, 5.41) is 4.62. The molecular formula is C15H9N3OS3. The highest BCUT2D eigenvalue weighted by Crippen LogP contribution is 2.32. The van der Waals surface area contributed by atoms with Crippen LogP contribution in [-0.4, -0.2) is 19.6 Å². The summed E-state index contributed by atoms with van der Waals surface area (Å²) in [5.74, 6) is -0.154. The van der Waals surface area contributed by atoms with Gasteiger partial charge in [-0.25, -0.2) is 4.98 Å². The molecule has 0 spiro atoms. The van der Waals surface area contributed by atoms with Crippen molar-refractivity contribution in [2.24, 2.45) is 0 Å². The third kappa shape index (κ3) is 2.27. The van der Waals surface area contributed by atoms with Gasteiger partial charge in [0, 0.05) is 17.1 Å². The topological polar surface area (TPSA) is 46.4 Å². The van der Waals surface area contributed by atoms with Crippen molar-refractivity contribution in [2.45, 2.75) is 0 Å². The van der Waals surface area contributed by atoms with Gasteiger partial charge in [-0.15, -0.1) is 11.3 Å². The van der Waals surface area contributed by atoms with Crippen LogP contribution in [-0.2, 0) is 4.79 Å². The van der Waals surface area contributed by atoms with E-state index in [1.54, 1.807) is 11.3 Å². The first kappa shape index (κ1) is 13.7. The van der Waals surface area contributed by atoms with E-state index in [1.165, 1.54) is 11.8 Å². The first-order valence-electron chi connectivity index (χ1n) is 6.48. The lowest BCUT2D eigenvalue weighted by atomic mass is 10.1. The molecule has 0 saturated carbocycles. The number of hydrogen-bond donors (Lipinski definition) is 1. The summed E-state index contributed by atoms with van der Waals surface area (Å²) in [6, 6.07) is 9.96. The Balaban J connectivity index is 1.92. The van der Waals surface area contributed by atoms with Gasteiger partial charge in [0.25, 0.3) is 5.91 Å². The maximum atomic E-state index is 11.9. The van der Waals surface area contributed by atoms with E-state index in [0.29, 0.717) is 9.23 Å². The average molecular weight is 343 g/mol. The van der Waals surface area contributed by atoms with Crippen molar-refractivity contribution in [3.63, 3.8) is 0 Å². The number of carbonyl (C=O) groups excluding carboxylic acids is 1. The van der Waals surface area contributed by atoms with Gasteiger partial charge in [0.15, 0.2) is 4.96 Å². The minimum absolute atomic E-state index is 0.154. The number of aromatic nitrogens is 2. The van der Waals surface area contributed by atoms with Crippen molar-refractivity contribution in [3.05, 3.63) is 52.5 Å². The molecule has 1 aromatic carbocycles. The van der Waals surface area contributed by atoms with E-state index in [9.17, 15) is 4.79 Å². The number of fused-ring (bicyclic) bond motifs is 1. The van der Waals surface area contributed by atoms with E-state index in [0.717, 1.165) is 21.9 Å². The number of nitrogens with one attached hydrogen (secondary N) is 1. The Morgan fingerprint density at radius 3 is 2.82 bits per heavy atom. The summed E-state index contributed by atoms with van der Waals surface area (Å²) < 4.78 is 2.48. The van der Waals surface area contributed by atoms with Gasteiger partial charge in [-0.3, -0.25) is 9.20 Å². The summed E-state index contributed by atoms with van der Waals surface area (Å²) in [6.45, 7) is 0. The third-order valence-electron chi connectivity index (χ3n) is 3.26. The molecule has 1 N–H and O–H groups in total. The molecule has 1 amide bonds. The number of rotatable bonds is 2. The second-order valence-corrected chi connectivity index (χ2v) is 7.21. The van der Waals surface area contributed by atoms with Crippen molar-refractivity contribution in [1.82, 2.24) is 14.7 Å². The molecule has 1 aliphatic heterocycles. The van der Waals surface area contributed by atoms with E-state index in [2.05, 4.69) is 5.32 Å². The number of benzene rings is 1. The summed E-state index contributed by atoms with van der Waals surface area (Å²) >= 11 is 7.89. The Morgan fingerprint density at radius 2 is 2.09 bits per heavy atom. The van der Waals surface area contributed by atoms with Crippen LogP contribution in [0, 0.1) is 0 Å². The fraction of sp³-hybridized carbons (Fsp3) is 0. The molecule has 2 aromatic heterocycles. The number of thioether (sulfide) groups is 1. The molecule has 0 bridgehead atoms. The van der Waals surface area contributed by atoms with E-state index in [4.69, 9.17) is 17.2 Å². The highest BCUT2D eigenvalue weighted by molar-refractivity contribution is 8.26. The number of thiocarbonyl (C=S) groups is 1. The second-order valence-electron chi connectivity index (χ2n) is 4.62. The zero-order valence-electron chi connectivity index (χ0n) is 11.1. The lowest BCUT2D eigenvalue weighted by Crippen LogP contribution is -2.17. The first-order valence-corrected chi connectivity index (χ1v) is 8.58. The summed E-state index contributed by atoms with van der Waals surface area (Å²) in [6.07, 6.45) is 3.82. The molecule has 0 unspecified atom stereocenters. The molecule has 0 atom stereocenters. The van der Waals surface area contributed by atoms with Crippen LogP contribution in [0.4, 0.5) is 0 Å². The third-order valence-corrected chi connectivity index (χ3v) is 5.18. The highest BCUT2D eigenvalue weighted by atomic mass is 32.2. The number of hydrogen-bond acceptors (Lipinski definition) is 5. The van der Waals surface area contributed by atoms with Gasteiger partial charge in [0.05, 0.1) is 16.3 Å². The zero-order valence-corrected chi connectivity index (χ0v) is 13.6. The van der Waals surface area contributed by atoms with Gasteiger partial charge >= 0.3 is 0 Å². The van der Waals surface area contributed by atoms with Gasteiger partial charge in [0.2, 0.25) is 0 Å². The molecule has 1 aliphatic rings. The molecule has 0 radical (unpaired) electrons. The van der Waals surface area contributed by atoms with Gasteiger partial charge < -0.3 is 5.32 Å². The fourth-order valence-electron chi connectivity index (χ4n) is 2.29. The molecule has 1 saturated heterocycles. The standard InChI is InChI=1S/C15H9N3OS3/c19-13-11(22-15(20)17-13)8-10-12(9-4-2-1-3-5-9)16-14-18(10)6-7-21-14/h1-8H,(H,17,19,20)/b11-8+. The number of thiazole rings is 1. The smallest absolute Gasteiger partial charge is 0.263 e. The minimum atomic E-state index is -0.154. The summed E-state index contributed by atoms with van der Waals surface area (Å²) in [4.78, 5) is 18.1. The maximum absolute atomic E-state index is 11.9. The van der Waals surface area contributed by atoms with Gasteiger partial charge in [-0.05, 0) is 6.08 Å². The number of carbonyl (C=O) groups is 1. The Labute approximate surface area is 139 Å². The second kappa shape index (κ2) is 5.35. The SMILES string of the molecule is O=C1NC(=S)S/C1=C/c1c(-c2ccccc2)nc2sccn12. The van der Waals surface area contributed by atoms with Crippen LogP contribution >= 0.6 is 35.3 Å². The van der Waals surface area contributed by atoms with E-state index < -0.39 is 0 Å². The lowest BCUT2D eigenvalue weighted by Gasteiger charge is -2.00. The Bertz CT molecular complexity index is 924. The molecular weight excluding hydrogens is 334 g/mol. The normalized spacial score (nSPS) is 16.6. The molecule has 1 fully saturated rings. The van der Waals surface area contributed by atoms with E-state index in [-0.39, 0.29) is 5.91 Å². The lowest BCUT2D eigenvalue weighted by molar-refractivity contribution is -0.115. The fourth-order valence-corrected chi connectivity index (χ4v) is 4.04. The monoisotopic (exact) mass is 343 g/mol. The summed E-state index contributed by atoms with van der Waals surface area (Å²) in [5.41, 5.74) is 2.78. The predicted octanol–water partition coefficient (Wildman–Crippen LogP) is 3.55. The van der Waals surface area contributed by atoms with Crippen molar-refractivity contribution < 1.29 is 4.79 Å². The average Bonchev–Trinajstić information content (AvgIpc) is 3.17. The van der Waals surface area contributed by atoms with Crippen molar-refractivity contribution in [2.75, 3.05) is 0 Å². The van der Waals surface area contributed by atoms with Crippen molar-refractivity contribution >= 4 is 56.6 Å². The molecule has 0 aliphatic carbocycles. The van der Waals surface area contributed by atoms with Crippen LogP contribution in [0.15, 0.2) is 46.8 Å². The number of amides is 1. The van der Waals surface area contributed by atoms with Crippen molar-refractivity contribution in [3.8, 4) is 11.3 Å². The number of imidazole rings is 1. The molecule has 7 heteroatoms. The van der Waals surface area contributed by atoms with Crippen LogP contribution in [0.3, 0.4) is 0 Å². The number of nitrogens with zero attached hydrogens (tertiary/aromatic N) is 2. The predicted molar refractivity (Wildman–Crippen MR) is 94.8 cm³/mol. The molecule has 22 heavy (non-hydrogen) atoms. The van der Waals surface area contributed by atoms with Crippen LogP contribution in [0.2, 0.25) is 0 Å². The van der Waals surface area contributed by atoms with Crippen LogP contribution in [0.25, 0.3) is 22.3 Å². The largest absolute Gasteiger partial charge is 0.307 e. The molecule has 3 aromatic rings. The summed E-state index contributed by atoms with van der Waals surface area (Å²) in [7, 11) is 0. The van der Waals surface area contributed by atoms with E-state index in [1.807, 2.05) is 52.4 Å². The van der Waals surface area contributed by atoms with Crippen LogP contribution in [0.1, 0.15) is 5.69 Å². The Kier molecular flexibility index (Phi) is 3.33. The van der Waals surface area contributed by atoms with E-state index >= 15 is 0 Å². The molecule has 4 nitrogen and oxygen atoms in total. The quantitative estimate of drug-likeness (QED) is 0.571. The first-order chi connectivity index (χ1) is 10.7. The Hall–Kier alpha value is -1.96. The van der Waals surface area contributed by atoms with Gasteiger partial charge in [-0.2, -0.15) is 0 Å². The minimum Gasteiger partial charge on any atom is -0.307 e. The molecule has 4 rings (SSSR count). The molecule has 3 heterocycles. The highest BCUT2D eigenvalue weighted by Gasteiger charge is 2.24. The maximum Gasteiger partial charge on any atom is 0.263 e. The van der Waals surface area contributed by atoms with Crippen LogP contribution < -0.4 is 5.32 Å². The van der Waals surface area contributed by atoms with Crippen LogP contribution in [0.5, 0.6) is 0 Å². The van der Waals surface area contributed by atoms with Gasteiger partial charge in [-0.1, -0.05) is 54.3 Å². The van der Waals surface area contributed by atoms with Crippen molar-refractivity contribution in [1.29, 1.82) is 0 Å². The zero-order chi connectivity index (χ0) is 15.1.